The fourth-order valence-corrected chi connectivity index (χ4v) is 3.92. The third-order valence-corrected chi connectivity index (χ3v) is 4.72. The summed E-state index contributed by atoms with van der Waals surface area (Å²) in [5.41, 5.74) is 2.82. The summed E-state index contributed by atoms with van der Waals surface area (Å²) in [6.07, 6.45) is 21.2. The lowest BCUT2D eigenvalue weighted by molar-refractivity contribution is 0.474. The van der Waals surface area contributed by atoms with Crippen molar-refractivity contribution in [3.8, 4) is 0 Å². The third kappa shape index (κ3) is 1.73. The van der Waals surface area contributed by atoms with Gasteiger partial charge in [-0.2, -0.15) is 0 Å². The topological polar surface area (TPSA) is 12.9 Å². The molecule has 3 aliphatic rings. The molecule has 4 atom stereocenters. The van der Waals surface area contributed by atoms with E-state index in [4.69, 9.17) is 0 Å². The van der Waals surface area contributed by atoms with Gasteiger partial charge in [-0.15, -0.1) is 0 Å². The normalized spacial score (nSPS) is 34.8. The molecule has 0 spiro atoms. The average Bonchev–Trinajstić information content (AvgIpc) is 2.86. The molecule has 1 fully saturated rings. The molecule has 19 heavy (non-hydrogen) atoms. The molecule has 0 bridgehead atoms. The van der Waals surface area contributed by atoms with Gasteiger partial charge < -0.3 is 0 Å². The minimum atomic E-state index is 0.638. The Kier molecular flexibility index (Phi) is 2.51. The van der Waals surface area contributed by atoms with Crippen molar-refractivity contribution in [3.63, 3.8) is 0 Å². The minimum Gasteiger partial charge on any atom is -0.265 e. The number of rotatable bonds is 1. The molecule has 0 aliphatic heterocycles. The molecule has 1 heterocycles. The fourth-order valence-electron chi connectivity index (χ4n) is 3.92. The Morgan fingerprint density at radius 1 is 0.895 bits per heavy atom. The first-order valence-electron chi connectivity index (χ1n) is 7.07. The van der Waals surface area contributed by atoms with Crippen molar-refractivity contribution < 1.29 is 0 Å². The van der Waals surface area contributed by atoms with E-state index in [0.717, 1.165) is 0 Å². The second-order valence-corrected chi connectivity index (χ2v) is 5.68. The molecular formula is C18H17N. The average molecular weight is 247 g/mol. The van der Waals surface area contributed by atoms with E-state index in [9.17, 15) is 0 Å². The Morgan fingerprint density at radius 3 is 2.58 bits per heavy atom. The highest BCUT2D eigenvalue weighted by Crippen LogP contribution is 2.52. The van der Waals surface area contributed by atoms with E-state index in [-0.39, 0.29) is 0 Å². The predicted octanol–water partition coefficient (Wildman–Crippen LogP) is 4.03. The Hall–Kier alpha value is -1.89. The van der Waals surface area contributed by atoms with E-state index >= 15 is 0 Å². The van der Waals surface area contributed by atoms with Crippen molar-refractivity contribution in [3.05, 3.63) is 72.6 Å². The molecule has 0 radical (unpaired) electrons. The molecule has 0 saturated heterocycles. The number of aromatic nitrogens is 1. The molecule has 0 N–H and O–H groups in total. The van der Waals surface area contributed by atoms with Gasteiger partial charge in [0.2, 0.25) is 0 Å². The number of hydrogen-bond donors (Lipinski definition) is 0. The summed E-state index contributed by atoms with van der Waals surface area (Å²) in [6, 6.07) is 4.27. The van der Waals surface area contributed by atoms with Crippen molar-refractivity contribution in [2.75, 3.05) is 0 Å². The van der Waals surface area contributed by atoms with Gasteiger partial charge in [0.05, 0.1) is 0 Å². The van der Waals surface area contributed by atoms with Crippen LogP contribution >= 0.6 is 0 Å². The van der Waals surface area contributed by atoms with Crippen LogP contribution in [-0.2, 0) is 0 Å². The minimum absolute atomic E-state index is 0.638. The zero-order valence-electron chi connectivity index (χ0n) is 10.8. The predicted molar refractivity (Wildman–Crippen MR) is 78.2 cm³/mol. The van der Waals surface area contributed by atoms with Gasteiger partial charge in [0.15, 0.2) is 0 Å². The van der Waals surface area contributed by atoms with E-state index < -0.39 is 0 Å². The van der Waals surface area contributed by atoms with Crippen molar-refractivity contribution in [1.82, 2.24) is 4.98 Å². The van der Waals surface area contributed by atoms with Gasteiger partial charge in [-0.1, -0.05) is 42.5 Å². The molecule has 1 nitrogen and oxygen atoms in total. The van der Waals surface area contributed by atoms with Crippen LogP contribution in [-0.4, -0.2) is 4.98 Å². The monoisotopic (exact) mass is 247 g/mol. The molecule has 1 aromatic rings. The highest BCUT2D eigenvalue weighted by molar-refractivity contribution is 5.71. The van der Waals surface area contributed by atoms with Crippen LogP contribution in [0.2, 0.25) is 0 Å². The van der Waals surface area contributed by atoms with Gasteiger partial charge in [-0.3, -0.25) is 4.98 Å². The van der Waals surface area contributed by atoms with Crippen LogP contribution in [0, 0.1) is 23.7 Å². The molecule has 0 aromatic carbocycles. The van der Waals surface area contributed by atoms with Gasteiger partial charge in [0.25, 0.3) is 0 Å². The van der Waals surface area contributed by atoms with Gasteiger partial charge in [-0.25, -0.2) is 0 Å². The maximum absolute atomic E-state index is 4.14. The first-order valence-corrected chi connectivity index (χ1v) is 7.07. The molecule has 94 valence electrons. The quantitative estimate of drug-likeness (QED) is 0.730. The second kappa shape index (κ2) is 4.34. The van der Waals surface area contributed by atoms with Crippen LogP contribution in [0.5, 0.6) is 0 Å². The summed E-state index contributed by atoms with van der Waals surface area (Å²) in [6.45, 7) is 0. The number of nitrogens with zero attached hydrogens (tertiary/aromatic N) is 1. The van der Waals surface area contributed by atoms with Gasteiger partial charge in [0.1, 0.15) is 0 Å². The summed E-state index contributed by atoms with van der Waals surface area (Å²) in [5, 5.41) is 0. The smallest absolute Gasteiger partial charge is 0.0273 e. The van der Waals surface area contributed by atoms with Crippen molar-refractivity contribution in [2.45, 2.75) is 6.42 Å². The molecule has 3 aliphatic carbocycles. The lowest BCUT2D eigenvalue weighted by atomic mass is 9.75. The maximum atomic E-state index is 4.14. The van der Waals surface area contributed by atoms with Crippen molar-refractivity contribution >= 4 is 5.57 Å². The summed E-state index contributed by atoms with van der Waals surface area (Å²) in [7, 11) is 0. The Bertz CT molecular complexity index is 591. The second-order valence-electron chi connectivity index (χ2n) is 5.68. The Labute approximate surface area is 114 Å². The zero-order valence-corrected chi connectivity index (χ0v) is 10.8. The van der Waals surface area contributed by atoms with Crippen LogP contribution in [0.1, 0.15) is 12.0 Å². The van der Waals surface area contributed by atoms with E-state index in [0.29, 0.717) is 23.7 Å². The van der Waals surface area contributed by atoms with Crippen LogP contribution in [0.4, 0.5) is 0 Å². The molecule has 1 heteroatoms. The van der Waals surface area contributed by atoms with Crippen LogP contribution in [0.15, 0.2) is 67.1 Å². The molecule has 1 aromatic heterocycles. The van der Waals surface area contributed by atoms with E-state index in [1.165, 1.54) is 17.6 Å². The fraction of sp³-hybridized carbons (Fsp3) is 0.278. The number of fused-ring (bicyclic) bond motifs is 3. The van der Waals surface area contributed by atoms with Crippen LogP contribution < -0.4 is 0 Å². The molecule has 4 unspecified atom stereocenters. The Balaban J connectivity index is 1.76. The maximum Gasteiger partial charge on any atom is 0.0273 e. The van der Waals surface area contributed by atoms with Crippen LogP contribution in [0.3, 0.4) is 0 Å². The van der Waals surface area contributed by atoms with E-state index in [1.54, 1.807) is 0 Å². The SMILES string of the molecule is C1=CC2CC3C=CC=C(c4ccncc4)C3C2C=C1. The summed E-state index contributed by atoms with van der Waals surface area (Å²) in [5.74, 6) is 2.71. The van der Waals surface area contributed by atoms with Gasteiger partial charge in [0, 0.05) is 12.4 Å². The largest absolute Gasteiger partial charge is 0.265 e. The van der Waals surface area contributed by atoms with E-state index in [1.807, 2.05) is 12.4 Å². The molecule has 0 amide bonds. The molecule has 1 saturated carbocycles. The van der Waals surface area contributed by atoms with Crippen molar-refractivity contribution in [2.24, 2.45) is 23.7 Å². The highest BCUT2D eigenvalue weighted by atomic mass is 14.6. The highest BCUT2D eigenvalue weighted by Gasteiger charge is 2.42. The lowest BCUT2D eigenvalue weighted by Gasteiger charge is -2.28. The summed E-state index contributed by atoms with van der Waals surface area (Å²) < 4.78 is 0. The van der Waals surface area contributed by atoms with Crippen LogP contribution in [0.25, 0.3) is 5.57 Å². The number of hydrogen-bond acceptors (Lipinski definition) is 1. The lowest BCUT2D eigenvalue weighted by Crippen LogP contribution is -2.19. The summed E-state index contributed by atoms with van der Waals surface area (Å²) >= 11 is 0. The molecular weight excluding hydrogens is 230 g/mol. The van der Waals surface area contributed by atoms with Gasteiger partial charge in [-0.05, 0) is 53.4 Å². The standard InChI is InChI=1S/C18H17N/c1-2-6-17-14(4-1)12-15-5-3-7-16(18(15)17)13-8-10-19-11-9-13/h1-11,14-15,17-18H,12H2. The number of pyridine rings is 1. The van der Waals surface area contributed by atoms with Gasteiger partial charge >= 0.3 is 0 Å². The van der Waals surface area contributed by atoms with Crippen molar-refractivity contribution in [1.29, 1.82) is 0 Å². The Morgan fingerprint density at radius 2 is 1.68 bits per heavy atom. The molecule has 4 rings (SSSR count). The first kappa shape index (κ1) is 11.0. The third-order valence-electron chi connectivity index (χ3n) is 4.72. The summed E-state index contributed by atoms with van der Waals surface area (Å²) in [4.78, 5) is 4.14. The zero-order chi connectivity index (χ0) is 12.7. The first-order chi connectivity index (χ1) is 9.43. The number of allylic oxidation sites excluding steroid dienone is 8. The van der Waals surface area contributed by atoms with E-state index in [2.05, 4.69) is 59.6 Å².